The molecular weight excluding hydrogens is 332 g/mol. The maximum Gasteiger partial charge on any atom is 0.346 e. The van der Waals surface area contributed by atoms with Crippen molar-refractivity contribution in [1.29, 1.82) is 0 Å². The maximum absolute atomic E-state index is 12.2. The van der Waals surface area contributed by atoms with Crippen LogP contribution in [0.3, 0.4) is 0 Å². The van der Waals surface area contributed by atoms with E-state index in [-0.39, 0.29) is 0 Å². The van der Waals surface area contributed by atoms with Gasteiger partial charge in [0.2, 0.25) is 0 Å². The molecule has 1 aromatic heterocycles. The molecule has 0 spiro atoms. The molecule has 0 radical (unpaired) electrons. The third kappa shape index (κ3) is 4.07. The van der Waals surface area contributed by atoms with Crippen LogP contribution in [0, 0.1) is 0 Å². The van der Waals surface area contributed by atoms with E-state index in [1.165, 1.54) is 13.3 Å². The summed E-state index contributed by atoms with van der Waals surface area (Å²) in [4.78, 5) is 16.2. The van der Waals surface area contributed by atoms with Crippen molar-refractivity contribution in [3.05, 3.63) is 72.3 Å². The molecule has 2 aromatic carbocycles. The van der Waals surface area contributed by atoms with E-state index in [2.05, 4.69) is 15.4 Å². The molecule has 26 heavy (non-hydrogen) atoms. The summed E-state index contributed by atoms with van der Waals surface area (Å²) in [6.45, 7) is 0. The summed E-state index contributed by atoms with van der Waals surface area (Å²) in [5.74, 6) is 1.12. The van der Waals surface area contributed by atoms with Crippen LogP contribution in [0.5, 0.6) is 11.5 Å². The van der Waals surface area contributed by atoms with Gasteiger partial charge in [-0.2, -0.15) is 10.1 Å². The molecule has 0 saturated heterocycles. The summed E-state index contributed by atoms with van der Waals surface area (Å²) >= 11 is 0. The Kier molecular flexibility index (Phi) is 5.28. The average molecular weight is 350 g/mol. The van der Waals surface area contributed by atoms with Crippen LogP contribution in [-0.2, 0) is 0 Å². The van der Waals surface area contributed by atoms with Gasteiger partial charge in [0.1, 0.15) is 11.5 Å². The van der Waals surface area contributed by atoms with E-state index in [4.69, 9.17) is 9.47 Å². The van der Waals surface area contributed by atoms with Crippen LogP contribution in [0.2, 0.25) is 0 Å². The summed E-state index contributed by atoms with van der Waals surface area (Å²) in [5.41, 5.74) is 1.43. The van der Waals surface area contributed by atoms with Crippen LogP contribution in [0.4, 0.5) is 10.5 Å². The number of carbonyl (C=O) groups excluding carboxylic acids is 1. The van der Waals surface area contributed by atoms with E-state index >= 15 is 0 Å². The monoisotopic (exact) mass is 350 g/mol. The number of hydrogen-bond donors (Lipinski definition) is 1. The predicted octanol–water partition coefficient (Wildman–Crippen LogP) is 3.02. The van der Waals surface area contributed by atoms with Crippen LogP contribution in [-0.4, -0.2) is 30.0 Å². The van der Waals surface area contributed by atoms with Gasteiger partial charge in [-0.05, 0) is 30.3 Å². The summed E-state index contributed by atoms with van der Waals surface area (Å²) in [6.07, 6.45) is 3.27. The van der Waals surface area contributed by atoms with E-state index in [0.29, 0.717) is 22.5 Å². The summed E-state index contributed by atoms with van der Waals surface area (Å²) in [7, 11) is 3.08. The first kappa shape index (κ1) is 17.2. The third-order valence-corrected chi connectivity index (χ3v) is 3.60. The molecule has 0 aliphatic heterocycles. The van der Waals surface area contributed by atoms with Crippen molar-refractivity contribution in [1.82, 2.24) is 9.78 Å². The van der Waals surface area contributed by atoms with Crippen LogP contribution in [0.1, 0.15) is 0 Å². The zero-order valence-corrected chi connectivity index (χ0v) is 14.4. The lowest BCUT2D eigenvalue weighted by atomic mass is 10.2. The number of hydrogen-bond acceptors (Lipinski definition) is 4. The van der Waals surface area contributed by atoms with Crippen LogP contribution < -0.4 is 20.1 Å². The molecule has 0 bridgehead atoms. The zero-order chi connectivity index (χ0) is 18.4. The van der Waals surface area contributed by atoms with Crippen molar-refractivity contribution in [3.63, 3.8) is 0 Å². The Bertz CT molecular complexity index is 948. The SMILES string of the molecule is COc1ccc(NC(=O)/N=c2\ccn(-c3ccccc3)nc2)c(OC)c1. The first-order valence-corrected chi connectivity index (χ1v) is 7.88. The molecule has 0 atom stereocenters. The Morgan fingerprint density at radius 1 is 1.08 bits per heavy atom. The van der Waals surface area contributed by atoms with E-state index in [0.717, 1.165) is 5.69 Å². The van der Waals surface area contributed by atoms with Gasteiger partial charge in [-0.1, -0.05) is 18.2 Å². The van der Waals surface area contributed by atoms with Gasteiger partial charge in [0.05, 0.1) is 37.1 Å². The fourth-order valence-electron chi connectivity index (χ4n) is 2.31. The molecule has 0 fully saturated rings. The van der Waals surface area contributed by atoms with Gasteiger partial charge in [0.25, 0.3) is 0 Å². The van der Waals surface area contributed by atoms with Crippen LogP contribution >= 0.6 is 0 Å². The van der Waals surface area contributed by atoms with Crippen molar-refractivity contribution in [3.8, 4) is 17.2 Å². The first-order chi connectivity index (χ1) is 12.7. The highest BCUT2D eigenvalue weighted by atomic mass is 16.5. The van der Waals surface area contributed by atoms with Crippen molar-refractivity contribution in [2.24, 2.45) is 4.99 Å². The van der Waals surface area contributed by atoms with E-state index in [1.807, 2.05) is 30.3 Å². The Hall–Kier alpha value is -3.61. The second-order valence-corrected chi connectivity index (χ2v) is 5.27. The number of carbonyl (C=O) groups is 1. The highest BCUT2D eigenvalue weighted by Crippen LogP contribution is 2.28. The van der Waals surface area contributed by atoms with Gasteiger partial charge in [-0.25, -0.2) is 9.48 Å². The summed E-state index contributed by atoms with van der Waals surface area (Å²) in [6, 6.07) is 16.0. The number of rotatable bonds is 4. The Morgan fingerprint density at radius 2 is 1.88 bits per heavy atom. The van der Waals surface area contributed by atoms with Crippen molar-refractivity contribution in [2.75, 3.05) is 19.5 Å². The number of ether oxygens (including phenoxy) is 2. The van der Waals surface area contributed by atoms with Gasteiger partial charge < -0.3 is 14.8 Å². The highest BCUT2D eigenvalue weighted by Gasteiger charge is 2.08. The van der Waals surface area contributed by atoms with Gasteiger partial charge >= 0.3 is 6.03 Å². The molecule has 132 valence electrons. The molecule has 0 saturated carbocycles. The summed E-state index contributed by atoms with van der Waals surface area (Å²) < 4.78 is 12.1. The zero-order valence-electron chi connectivity index (χ0n) is 14.4. The molecule has 3 aromatic rings. The normalized spacial score (nSPS) is 11.1. The number of nitrogens with zero attached hydrogens (tertiary/aromatic N) is 3. The molecular formula is C19H18N4O3. The minimum Gasteiger partial charge on any atom is -0.497 e. The predicted molar refractivity (Wildman–Crippen MR) is 97.7 cm³/mol. The lowest BCUT2D eigenvalue weighted by Crippen LogP contribution is -2.15. The highest BCUT2D eigenvalue weighted by molar-refractivity contribution is 5.91. The second-order valence-electron chi connectivity index (χ2n) is 5.27. The average Bonchev–Trinajstić information content (AvgIpc) is 2.69. The molecule has 7 heteroatoms. The number of nitrogens with one attached hydrogen (secondary N) is 1. The number of aromatic nitrogens is 2. The molecule has 2 amide bonds. The molecule has 1 N–H and O–H groups in total. The van der Waals surface area contributed by atoms with Gasteiger partial charge in [-0.3, -0.25) is 0 Å². The quantitative estimate of drug-likeness (QED) is 0.784. The van der Waals surface area contributed by atoms with E-state index < -0.39 is 6.03 Å². The van der Waals surface area contributed by atoms with Crippen LogP contribution in [0.15, 0.2) is 72.0 Å². The minimum absolute atomic E-state index is 0.446. The molecule has 0 aliphatic rings. The lowest BCUT2D eigenvalue weighted by molar-refractivity contribution is 0.259. The van der Waals surface area contributed by atoms with Gasteiger partial charge in [-0.15, -0.1) is 0 Å². The molecule has 1 heterocycles. The topological polar surface area (TPSA) is 77.7 Å². The Balaban J connectivity index is 1.77. The van der Waals surface area contributed by atoms with Gasteiger partial charge in [0.15, 0.2) is 0 Å². The lowest BCUT2D eigenvalue weighted by Gasteiger charge is -2.10. The molecule has 0 unspecified atom stereocenters. The number of para-hydroxylation sites is 1. The second kappa shape index (κ2) is 7.98. The molecule has 7 nitrogen and oxygen atoms in total. The largest absolute Gasteiger partial charge is 0.497 e. The van der Waals surface area contributed by atoms with Crippen molar-refractivity contribution >= 4 is 11.7 Å². The fourth-order valence-corrected chi connectivity index (χ4v) is 2.31. The van der Waals surface area contributed by atoms with Crippen LogP contribution in [0.25, 0.3) is 5.69 Å². The fraction of sp³-hybridized carbons (Fsp3) is 0.105. The van der Waals surface area contributed by atoms with E-state index in [9.17, 15) is 4.79 Å². The number of methoxy groups -OCH3 is 2. The summed E-state index contributed by atoms with van der Waals surface area (Å²) in [5, 5.41) is 7.40. The standard InChI is InChI=1S/C19H18N4O3/c1-25-16-8-9-17(18(12-16)26-2)22-19(24)21-14-10-11-23(20-13-14)15-6-4-3-5-7-15/h3-13H,1-2H3,(H,22,24)/b21-14+. The first-order valence-electron chi connectivity index (χ1n) is 7.88. The Labute approximate surface area is 150 Å². The third-order valence-electron chi connectivity index (χ3n) is 3.60. The number of anilines is 1. The number of benzene rings is 2. The molecule has 3 rings (SSSR count). The number of amides is 2. The smallest absolute Gasteiger partial charge is 0.346 e. The maximum atomic E-state index is 12.2. The minimum atomic E-state index is -0.521. The van der Waals surface area contributed by atoms with Crippen molar-refractivity contribution in [2.45, 2.75) is 0 Å². The number of urea groups is 1. The molecule has 0 aliphatic carbocycles. The van der Waals surface area contributed by atoms with Gasteiger partial charge in [0, 0.05) is 12.3 Å². The van der Waals surface area contributed by atoms with E-state index in [1.54, 1.807) is 42.3 Å². The Morgan fingerprint density at radius 3 is 2.54 bits per heavy atom. The van der Waals surface area contributed by atoms with Crippen molar-refractivity contribution < 1.29 is 14.3 Å².